The van der Waals surface area contributed by atoms with E-state index < -0.39 is 0 Å². The number of halogens is 1. The summed E-state index contributed by atoms with van der Waals surface area (Å²) in [4.78, 5) is 5.85. The maximum Gasteiger partial charge on any atom is 0.110 e. The van der Waals surface area contributed by atoms with Gasteiger partial charge < -0.3 is 10.3 Å². The van der Waals surface area contributed by atoms with Crippen LogP contribution in [0.1, 0.15) is 11.5 Å². The second-order valence-corrected chi connectivity index (χ2v) is 5.52. The van der Waals surface area contributed by atoms with E-state index in [0.717, 1.165) is 22.4 Å². The van der Waals surface area contributed by atoms with Gasteiger partial charge in [-0.15, -0.1) is 11.3 Å². The fourth-order valence-electron chi connectivity index (χ4n) is 1.66. The Balaban J connectivity index is 2.45. The third kappa shape index (κ3) is 2.07. The van der Waals surface area contributed by atoms with Crippen LogP contribution in [0, 0.1) is 6.92 Å². The van der Waals surface area contributed by atoms with Crippen molar-refractivity contribution in [2.24, 2.45) is 12.8 Å². The van der Waals surface area contributed by atoms with E-state index in [-0.39, 0.29) is 0 Å². The highest BCUT2D eigenvalue weighted by molar-refractivity contribution is 9.10. The fraction of sp³-hybridized carbons (Fsp3) is 0.364. The largest absolute Gasteiger partial charge is 0.335 e. The molecule has 0 spiro atoms. The molecule has 0 saturated carbocycles. The number of hydrogen-bond donors (Lipinski definition) is 1. The van der Waals surface area contributed by atoms with E-state index >= 15 is 0 Å². The quantitative estimate of drug-likeness (QED) is 0.947. The van der Waals surface area contributed by atoms with E-state index in [0.29, 0.717) is 6.54 Å². The molecule has 2 N–H and O–H groups in total. The molecule has 2 heterocycles. The highest BCUT2D eigenvalue weighted by atomic mass is 79.9. The van der Waals surface area contributed by atoms with Crippen molar-refractivity contribution in [1.29, 1.82) is 0 Å². The van der Waals surface area contributed by atoms with Crippen molar-refractivity contribution >= 4 is 27.3 Å². The summed E-state index contributed by atoms with van der Waals surface area (Å²) in [7, 11) is 2.04. The normalized spacial score (nSPS) is 11.0. The summed E-state index contributed by atoms with van der Waals surface area (Å²) in [6, 6.07) is 2.10. The molecule has 0 saturated heterocycles. The topological polar surface area (TPSA) is 43.8 Å². The van der Waals surface area contributed by atoms with E-state index in [4.69, 9.17) is 5.73 Å². The Labute approximate surface area is 107 Å². The summed E-state index contributed by atoms with van der Waals surface area (Å²) < 4.78 is 3.23. The summed E-state index contributed by atoms with van der Waals surface area (Å²) in [5, 5.41) is 2.08. The van der Waals surface area contributed by atoms with E-state index in [1.54, 1.807) is 11.3 Å². The molecule has 0 fully saturated rings. The summed E-state index contributed by atoms with van der Waals surface area (Å²) in [5.41, 5.74) is 7.84. The van der Waals surface area contributed by atoms with Crippen molar-refractivity contribution in [3.8, 4) is 10.6 Å². The molecule has 2 aromatic rings. The maximum absolute atomic E-state index is 5.57. The molecule has 0 atom stereocenters. The average Bonchev–Trinajstić information content (AvgIpc) is 2.78. The smallest absolute Gasteiger partial charge is 0.110 e. The zero-order valence-electron chi connectivity index (χ0n) is 9.33. The minimum Gasteiger partial charge on any atom is -0.335 e. The van der Waals surface area contributed by atoms with Gasteiger partial charge in [-0.25, -0.2) is 4.98 Å². The van der Waals surface area contributed by atoms with Gasteiger partial charge in [0.1, 0.15) is 11.5 Å². The Kier molecular flexibility index (Phi) is 3.47. The van der Waals surface area contributed by atoms with Gasteiger partial charge >= 0.3 is 0 Å². The number of hydrogen-bond acceptors (Lipinski definition) is 3. The Morgan fingerprint density at radius 1 is 1.56 bits per heavy atom. The third-order valence-corrected chi connectivity index (χ3v) is 4.34. The lowest BCUT2D eigenvalue weighted by atomic mass is 10.3. The van der Waals surface area contributed by atoms with Crippen LogP contribution in [-0.2, 0) is 13.5 Å². The second kappa shape index (κ2) is 4.69. The third-order valence-electron chi connectivity index (χ3n) is 2.64. The minimum absolute atomic E-state index is 0.637. The number of nitrogens with two attached hydrogens (primary N) is 1. The first kappa shape index (κ1) is 11.8. The molecule has 0 amide bonds. The van der Waals surface area contributed by atoms with Crippen LogP contribution in [0.4, 0.5) is 0 Å². The van der Waals surface area contributed by atoms with Crippen LogP contribution in [0.15, 0.2) is 15.9 Å². The van der Waals surface area contributed by atoms with Gasteiger partial charge in [-0.3, -0.25) is 0 Å². The minimum atomic E-state index is 0.637. The standard InChI is InChI=1S/C11H14BrN3S/c1-7-11(9-5-8(12)6-16-9)14-10(3-4-13)15(7)2/h5-6H,3-4,13H2,1-2H3. The summed E-state index contributed by atoms with van der Waals surface area (Å²) in [6.07, 6.45) is 0.823. The number of thiophene rings is 1. The number of imidazole rings is 1. The van der Waals surface area contributed by atoms with E-state index in [9.17, 15) is 0 Å². The second-order valence-electron chi connectivity index (χ2n) is 3.69. The number of aromatic nitrogens is 2. The van der Waals surface area contributed by atoms with Crippen LogP contribution >= 0.6 is 27.3 Å². The molecule has 3 nitrogen and oxygen atoms in total. The first-order valence-electron chi connectivity index (χ1n) is 5.10. The lowest BCUT2D eigenvalue weighted by Gasteiger charge is -2.00. The molecule has 5 heteroatoms. The maximum atomic E-state index is 5.57. The molecule has 0 unspecified atom stereocenters. The summed E-state index contributed by atoms with van der Waals surface area (Å²) >= 11 is 5.17. The molecule has 0 bridgehead atoms. The predicted molar refractivity (Wildman–Crippen MR) is 71.7 cm³/mol. The van der Waals surface area contributed by atoms with Gasteiger partial charge in [-0.05, 0) is 35.5 Å². The molecule has 16 heavy (non-hydrogen) atoms. The zero-order chi connectivity index (χ0) is 11.7. The molecule has 0 aliphatic rings. The molecule has 0 aliphatic heterocycles. The predicted octanol–water partition coefficient (Wildman–Crippen LogP) is 2.72. The van der Waals surface area contributed by atoms with Crippen LogP contribution in [0.2, 0.25) is 0 Å². The average molecular weight is 300 g/mol. The first-order chi connectivity index (χ1) is 7.63. The van der Waals surface area contributed by atoms with Crippen molar-refractivity contribution in [2.45, 2.75) is 13.3 Å². The summed E-state index contributed by atoms with van der Waals surface area (Å²) in [6.45, 7) is 2.73. The van der Waals surface area contributed by atoms with Gasteiger partial charge in [0.25, 0.3) is 0 Å². The van der Waals surface area contributed by atoms with Crippen molar-refractivity contribution < 1.29 is 0 Å². The van der Waals surface area contributed by atoms with E-state index in [1.165, 1.54) is 10.6 Å². The zero-order valence-corrected chi connectivity index (χ0v) is 11.7. The van der Waals surface area contributed by atoms with Gasteiger partial charge in [0, 0.05) is 29.0 Å². The molecule has 0 aliphatic carbocycles. The van der Waals surface area contributed by atoms with Crippen LogP contribution in [0.3, 0.4) is 0 Å². The van der Waals surface area contributed by atoms with Crippen molar-refractivity contribution in [3.63, 3.8) is 0 Å². The Morgan fingerprint density at radius 2 is 2.31 bits per heavy atom. The summed E-state index contributed by atoms with van der Waals surface area (Å²) in [5.74, 6) is 1.06. The molecule has 0 radical (unpaired) electrons. The van der Waals surface area contributed by atoms with Gasteiger partial charge in [0.05, 0.1) is 4.88 Å². The van der Waals surface area contributed by atoms with Crippen LogP contribution in [0.25, 0.3) is 10.6 Å². The molecule has 2 rings (SSSR count). The molecular weight excluding hydrogens is 286 g/mol. The van der Waals surface area contributed by atoms with E-state index in [2.05, 4.69) is 43.9 Å². The Hall–Kier alpha value is -0.650. The molecule has 86 valence electrons. The lowest BCUT2D eigenvalue weighted by molar-refractivity contribution is 0.761. The Morgan fingerprint density at radius 3 is 2.88 bits per heavy atom. The monoisotopic (exact) mass is 299 g/mol. The van der Waals surface area contributed by atoms with E-state index in [1.807, 2.05) is 7.05 Å². The van der Waals surface area contributed by atoms with Gasteiger partial charge in [0.2, 0.25) is 0 Å². The number of nitrogens with zero attached hydrogens (tertiary/aromatic N) is 2. The van der Waals surface area contributed by atoms with Gasteiger partial charge in [-0.2, -0.15) is 0 Å². The van der Waals surface area contributed by atoms with Crippen molar-refractivity contribution in [2.75, 3.05) is 6.54 Å². The van der Waals surface area contributed by atoms with Crippen LogP contribution < -0.4 is 5.73 Å². The van der Waals surface area contributed by atoms with Gasteiger partial charge in [-0.1, -0.05) is 0 Å². The first-order valence-corrected chi connectivity index (χ1v) is 6.77. The number of rotatable bonds is 3. The fourth-order valence-corrected chi connectivity index (χ4v) is 3.13. The van der Waals surface area contributed by atoms with Crippen LogP contribution in [0.5, 0.6) is 0 Å². The molecule has 2 aromatic heterocycles. The van der Waals surface area contributed by atoms with Crippen molar-refractivity contribution in [3.05, 3.63) is 27.4 Å². The Bertz CT molecular complexity index is 501. The highest BCUT2D eigenvalue weighted by Gasteiger charge is 2.13. The van der Waals surface area contributed by atoms with Gasteiger partial charge in [0.15, 0.2) is 0 Å². The molecular formula is C11H14BrN3S. The highest BCUT2D eigenvalue weighted by Crippen LogP contribution is 2.31. The van der Waals surface area contributed by atoms with Crippen LogP contribution in [-0.4, -0.2) is 16.1 Å². The van der Waals surface area contributed by atoms with Crippen molar-refractivity contribution in [1.82, 2.24) is 9.55 Å². The molecule has 0 aromatic carbocycles. The lowest BCUT2D eigenvalue weighted by Crippen LogP contribution is -2.08. The SMILES string of the molecule is Cc1c(-c2cc(Br)cs2)nc(CCN)n1C.